The highest BCUT2D eigenvalue weighted by Gasteiger charge is 2.09. The molecule has 0 unspecified atom stereocenters. The van der Waals surface area contributed by atoms with Gasteiger partial charge in [-0.3, -0.25) is 19.1 Å². The number of rotatable bonds is 5. The highest BCUT2D eigenvalue weighted by atomic mass is 16.4. The number of carbonyl (C=O) groups is 3. The molecule has 8 nitrogen and oxygen atoms in total. The van der Waals surface area contributed by atoms with E-state index in [9.17, 15) is 14.4 Å². The Morgan fingerprint density at radius 1 is 1.41 bits per heavy atom. The second-order valence-electron chi connectivity index (χ2n) is 3.22. The summed E-state index contributed by atoms with van der Waals surface area (Å²) in [5.74, 6) is -2.08. The summed E-state index contributed by atoms with van der Waals surface area (Å²) < 4.78 is 1.33. The molecule has 0 aliphatic carbocycles. The average Bonchev–Trinajstić information content (AvgIpc) is 2.63. The Kier molecular flexibility index (Phi) is 4.21. The maximum Gasteiger partial charge on any atom is 0.312 e. The molecule has 0 spiro atoms. The summed E-state index contributed by atoms with van der Waals surface area (Å²) in [6, 6.07) is 0. The van der Waals surface area contributed by atoms with Gasteiger partial charge in [-0.1, -0.05) is 0 Å². The summed E-state index contributed by atoms with van der Waals surface area (Å²) >= 11 is 0. The van der Waals surface area contributed by atoms with Crippen molar-refractivity contribution in [3.63, 3.8) is 0 Å². The van der Waals surface area contributed by atoms with Crippen molar-refractivity contribution in [1.82, 2.24) is 15.1 Å². The van der Waals surface area contributed by atoms with Crippen LogP contribution in [0.25, 0.3) is 0 Å². The molecule has 1 heterocycles. The molecule has 0 fully saturated rings. The standard InChI is InChI=1S/C9H12N4O4/c1-10-8(15)5-13-4-6(3-11-13)12-7(14)2-9(16)17/h3-4H,2,5H2,1H3,(H,10,15)(H,12,14)(H,16,17). The normalized spacial score (nSPS) is 9.71. The molecule has 1 rings (SSSR count). The number of carbonyl (C=O) groups excluding carboxylic acids is 2. The number of nitrogens with one attached hydrogen (secondary N) is 2. The van der Waals surface area contributed by atoms with E-state index in [1.54, 1.807) is 0 Å². The van der Waals surface area contributed by atoms with Crippen LogP contribution in [0.3, 0.4) is 0 Å². The number of carboxylic acid groups (broad SMARTS) is 1. The Hall–Kier alpha value is -2.38. The fourth-order valence-corrected chi connectivity index (χ4v) is 1.08. The summed E-state index contributed by atoms with van der Waals surface area (Å²) in [7, 11) is 1.50. The fraction of sp³-hybridized carbons (Fsp3) is 0.333. The van der Waals surface area contributed by atoms with Gasteiger partial charge in [-0.15, -0.1) is 0 Å². The van der Waals surface area contributed by atoms with E-state index in [4.69, 9.17) is 5.11 Å². The molecule has 3 N–H and O–H groups in total. The number of hydrogen-bond acceptors (Lipinski definition) is 4. The zero-order chi connectivity index (χ0) is 12.8. The highest BCUT2D eigenvalue weighted by molar-refractivity contribution is 6.01. The first-order chi connectivity index (χ1) is 8.01. The van der Waals surface area contributed by atoms with E-state index in [0.29, 0.717) is 5.69 Å². The number of hydrogen-bond donors (Lipinski definition) is 3. The lowest BCUT2D eigenvalue weighted by molar-refractivity contribution is -0.139. The molecule has 1 aromatic rings. The monoisotopic (exact) mass is 240 g/mol. The first-order valence-electron chi connectivity index (χ1n) is 4.76. The van der Waals surface area contributed by atoms with Crippen LogP contribution in [-0.4, -0.2) is 39.7 Å². The van der Waals surface area contributed by atoms with Crippen LogP contribution in [0.15, 0.2) is 12.4 Å². The number of amides is 2. The van der Waals surface area contributed by atoms with Crippen molar-refractivity contribution in [2.45, 2.75) is 13.0 Å². The molecular formula is C9H12N4O4. The smallest absolute Gasteiger partial charge is 0.312 e. The van der Waals surface area contributed by atoms with Crippen molar-refractivity contribution in [3.8, 4) is 0 Å². The van der Waals surface area contributed by atoms with Gasteiger partial charge in [-0.05, 0) is 0 Å². The van der Waals surface area contributed by atoms with Crippen LogP contribution in [-0.2, 0) is 20.9 Å². The Morgan fingerprint density at radius 2 is 2.12 bits per heavy atom. The number of carboxylic acids is 1. The number of aliphatic carboxylic acids is 1. The Morgan fingerprint density at radius 3 is 2.71 bits per heavy atom. The van der Waals surface area contributed by atoms with Gasteiger partial charge in [0.05, 0.1) is 11.9 Å². The molecule has 17 heavy (non-hydrogen) atoms. The third kappa shape index (κ3) is 4.33. The Balaban J connectivity index is 2.53. The summed E-state index contributed by atoms with van der Waals surface area (Å²) in [6.07, 6.45) is 2.16. The number of aromatic nitrogens is 2. The summed E-state index contributed by atoms with van der Waals surface area (Å²) in [6.45, 7) is 0.0330. The van der Waals surface area contributed by atoms with Crippen LogP contribution >= 0.6 is 0 Å². The highest BCUT2D eigenvalue weighted by Crippen LogP contribution is 2.05. The maximum atomic E-state index is 11.1. The third-order valence-electron chi connectivity index (χ3n) is 1.81. The van der Waals surface area contributed by atoms with Gasteiger partial charge < -0.3 is 15.7 Å². The molecule has 0 atom stereocenters. The van der Waals surface area contributed by atoms with Gasteiger partial charge in [0.2, 0.25) is 11.8 Å². The van der Waals surface area contributed by atoms with Crippen LogP contribution in [0.5, 0.6) is 0 Å². The van der Waals surface area contributed by atoms with Gasteiger partial charge in [0, 0.05) is 13.2 Å². The average molecular weight is 240 g/mol. The van der Waals surface area contributed by atoms with Crippen LogP contribution in [0.1, 0.15) is 6.42 Å². The van der Waals surface area contributed by atoms with E-state index in [0.717, 1.165) is 0 Å². The predicted molar refractivity (Wildman–Crippen MR) is 57.2 cm³/mol. The number of nitrogens with zero attached hydrogens (tertiary/aromatic N) is 2. The molecule has 0 bridgehead atoms. The summed E-state index contributed by atoms with van der Waals surface area (Å²) in [4.78, 5) is 32.4. The minimum Gasteiger partial charge on any atom is -0.481 e. The van der Waals surface area contributed by atoms with Crippen LogP contribution in [0.4, 0.5) is 5.69 Å². The maximum absolute atomic E-state index is 11.1. The molecule has 0 saturated carbocycles. The SMILES string of the molecule is CNC(=O)Cn1cc(NC(=O)CC(=O)O)cn1. The van der Waals surface area contributed by atoms with Crippen molar-refractivity contribution in [1.29, 1.82) is 0 Å². The lowest BCUT2D eigenvalue weighted by Crippen LogP contribution is -2.23. The zero-order valence-electron chi connectivity index (χ0n) is 9.14. The molecule has 8 heteroatoms. The first-order valence-corrected chi connectivity index (χ1v) is 4.76. The fourth-order valence-electron chi connectivity index (χ4n) is 1.08. The number of likely N-dealkylation sites (N-methyl/N-ethyl adjacent to an activating group) is 1. The molecule has 0 aliphatic heterocycles. The van der Waals surface area contributed by atoms with Gasteiger partial charge in [-0.2, -0.15) is 5.10 Å². The van der Waals surface area contributed by atoms with Crippen molar-refractivity contribution in [2.24, 2.45) is 0 Å². The molecule has 0 saturated heterocycles. The number of anilines is 1. The molecular weight excluding hydrogens is 228 g/mol. The lowest BCUT2D eigenvalue weighted by Gasteiger charge is -2.00. The minimum atomic E-state index is -1.21. The van der Waals surface area contributed by atoms with E-state index < -0.39 is 18.3 Å². The van der Waals surface area contributed by atoms with Crippen LogP contribution in [0.2, 0.25) is 0 Å². The molecule has 0 aliphatic rings. The van der Waals surface area contributed by atoms with Crippen molar-refractivity contribution >= 4 is 23.5 Å². The summed E-state index contributed by atoms with van der Waals surface area (Å²) in [5.41, 5.74) is 0.347. The Bertz CT molecular complexity index is 440. The van der Waals surface area contributed by atoms with Gasteiger partial charge in [0.15, 0.2) is 0 Å². The van der Waals surface area contributed by atoms with E-state index >= 15 is 0 Å². The summed E-state index contributed by atoms with van der Waals surface area (Å²) in [5, 5.41) is 17.0. The van der Waals surface area contributed by atoms with E-state index in [1.165, 1.54) is 24.1 Å². The van der Waals surface area contributed by atoms with Gasteiger partial charge >= 0.3 is 5.97 Å². The van der Waals surface area contributed by atoms with Gasteiger partial charge in [0.1, 0.15) is 13.0 Å². The largest absolute Gasteiger partial charge is 0.481 e. The van der Waals surface area contributed by atoms with Crippen molar-refractivity contribution in [3.05, 3.63) is 12.4 Å². The van der Waals surface area contributed by atoms with Crippen molar-refractivity contribution in [2.75, 3.05) is 12.4 Å². The Labute approximate surface area is 96.6 Å². The van der Waals surface area contributed by atoms with Gasteiger partial charge in [0.25, 0.3) is 0 Å². The molecule has 2 amide bonds. The van der Waals surface area contributed by atoms with E-state index in [2.05, 4.69) is 15.7 Å². The van der Waals surface area contributed by atoms with Crippen LogP contribution in [0, 0.1) is 0 Å². The van der Waals surface area contributed by atoms with Gasteiger partial charge in [-0.25, -0.2) is 0 Å². The predicted octanol–water partition coefficient (Wildman–Crippen LogP) is -0.958. The molecule has 1 aromatic heterocycles. The molecule has 92 valence electrons. The third-order valence-corrected chi connectivity index (χ3v) is 1.81. The van der Waals surface area contributed by atoms with E-state index in [1.807, 2.05) is 0 Å². The second-order valence-corrected chi connectivity index (χ2v) is 3.22. The molecule has 0 radical (unpaired) electrons. The second kappa shape index (κ2) is 5.64. The topological polar surface area (TPSA) is 113 Å². The van der Waals surface area contributed by atoms with Crippen molar-refractivity contribution < 1.29 is 19.5 Å². The van der Waals surface area contributed by atoms with E-state index in [-0.39, 0.29) is 12.5 Å². The molecule has 0 aromatic carbocycles. The quantitative estimate of drug-likeness (QED) is 0.574. The minimum absolute atomic E-state index is 0.0330. The first kappa shape index (κ1) is 12.7. The lowest BCUT2D eigenvalue weighted by atomic mass is 10.4. The zero-order valence-corrected chi connectivity index (χ0v) is 9.14. The van der Waals surface area contributed by atoms with Crippen LogP contribution < -0.4 is 10.6 Å².